The number of nitriles is 1. The normalized spacial score (nSPS) is 11.2. The first kappa shape index (κ1) is 16.9. The zero-order valence-corrected chi connectivity index (χ0v) is 12.8. The Hall–Kier alpha value is -2.11. The van der Waals surface area contributed by atoms with Crippen LogP contribution in [0.3, 0.4) is 0 Å². The molecule has 1 amide bonds. The van der Waals surface area contributed by atoms with Gasteiger partial charge in [-0.25, -0.2) is 9.52 Å². The monoisotopic (exact) mass is 311 g/mol. The number of hydrogen-bond donors (Lipinski definition) is 1. The molecule has 1 N–H and O–H groups in total. The molecule has 8 heteroatoms. The molecule has 0 aliphatic rings. The summed E-state index contributed by atoms with van der Waals surface area (Å²) in [4.78, 5) is 11.3. The summed E-state index contributed by atoms with van der Waals surface area (Å²) >= 11 is 0. The lowest BCUT2D eigenvalue weighted by atomic mass is 10.1. The van der Waals surface area contributed by atoms with Crippen LogP contribution in [-0.4, -0.2) is 32.0 Å². The summed E-state index contributed by atoms with van der Waals surface area (Å²) in [5.41, 5.74) is 1.07. The van der Waals surface area contributed by atoms with E-state index in [9.17, 15) is 13.2 Å². The second-order valence-electron chi connectivity index (χ2n) is 4.63. The molecule has 0 aliphatic heterocycles. The molecule has 0 fully saturated rings. The van der Waals surface area contributed by atoms with Gasteiger partial charge in [0.15, 0.2) is 0 Å². The van der Waals surface area contributed by atoms with E-state index >= 15 is 0 Å². The third-order valence-electron chi connectivity index (χ3n) is 2.43. The summed E-state index contributed by atoms with van der Waals surface area (Å²) in [7, 11) is -2.67. The van der Waals surface area contributed by atoms with E-state index in [1.807, 2.05) is 10.8 Å². The maximum absolute atomic E-state index is 11.9. The molecule has 7 nitrogen and oxygen atoms in total. The van der Waals surface area contributed by atoms with E-state index in [0.29, 0.717) is 11.1 Å². The maximum Gasteiger partial charge on any atom is 0.422 e. The van der Waals surface area contributed by atoms with Crippen LogP contribution >= 0.6 is 0 Å². The molecular formula is C13H17N3O4S. The van der Waals surface area contributed by atoms with Crippen LogP contribution in [0.25, 0.3) is 0 Å². The zero-order valence-electron chi connectivity index (χ0n) is 12.0. The Labute approximate surface area is 124 Å². The van der Waals surface area contributed by atoms with Crippen molar-refractivity contribution >= 4 is 16.3 Å². The fraction of sp³-hybridized carbons (Fsp3) is 0.385. The molecule has 1 rings (SSSR count). The number of nitrogens with zero attached hydrogens (tertiary/aromatic N) is 2. The maximum atomic E-state index is 11.9. The molecule has 0 bridgehead atoms. The van der Waals surface area contributed by atoms with Crippen LogP contribution in [0.1, 0.15) is 25.0 Å². The average Bonchev–Trinajstić information content (AvgIpc) is 2.37. The first-order valence-corrected chi connectivity index (χ1v) is 7.62. The number of nitrogens with one attached hydrogen (secondary N) is 1. The zero-order chi connectivity index (χ0) is 16.0. The third kappa shape index (κ3) is 5.41. The van der Waals surface area contributed by atoms with Gasteiger partial charge in [-0.2, -0.15) is 18.0 Å². The molecule has 0 radical (unpaired) electrons. The van der Waals surface area contributed by atoms with Crippen LogP contribution in [0.4, 0.5) is 4.79 Å². The van der Waals surface area contributed by atoms with Crippen LogP contribution in [0.15, 0.2) is 24.3 Å². The van der Waals surface area contributed by atoms with E-state index < -0.39 is 22.4 Å². The summed E-state index contributed by atoms with van der Waals surface area (Å²) in [5.74, 6) is 0. The molecule has 1 aromatic carbocycles. The van der Waals surface area contributed by atoms with Crippen molar-refractivity contribution < 1.29 is 17.9 Å². The van der Waals surface area contributed by atoms with Gasteiger partial charge in [0.05, 0.1) is 17.7 Å². The number of hydrogen-bond acceptors (Lipinski definition) is 5. The summed E-state index contributed by atoms with van der Waals surface area (Å²) < 4.78 is 31.4. The minimum Gasteiger partial charge on any atom is -0.446 e. The molecule has 0 saturated heterocycles. The average molecular weight is 311 g/mol. The molecule has 0 heterocycles. The Balaban J connectivity index is 2.75. The predicted molar refractivity (Wildman–Crippen MR) is 76.3 cm³/mol. The summed E-state index contributed by atoms with van der Waals surface area (Å²) in [6.07, 6.45) is -1.44. The minimum absolute atomic E-state index is 0.0276. The smallest absolute Gasteiger partial charge is 0.422 e. The molecule has 0 aromatic heterocycles. The highest BCUT2D eigenvalue weighted by molar-refractivity contribution is 7.87. The molecule has 0 unspecified atom stereocenters. The van der Waals surface area contributed by atoms with E-state index in [1.54, 1.807) is 38.1 Å². The third-order valence-corrected chi connectivity index (χ3v) is 3.80. The number of rotatable bonds is 5. The second kappa shape index (κ2) is 7.06. The van der Waals surface area contributed by atoms with Gasteiger partial charge in [-0.1, -0.05) is 12.1 Å². The lowest BCUT2D eigenvalue weighted by molar-refractivity contribution is 0.121. The van der Waals surface area contributed by atoms with Crippen molar-refractivity contribution in [2.45, 2.75) is 26.5 Å². The van der Waals surface area contributed by atoms with Gasteiger partial charge in [0.25, 0.3) is 0 Å². The Bertz CT molecular complexity index is 650. The molecule has 0 spiro atoms. The van der Waals surface area contributed by atoms with E-state index in [1.165, 1.54) is 7.05 Å². The van der Waals surface area contributed by atoms with Gasteiger partial charge in [0.2, 0.25) is 0 Å². The summed E-state index contributed by atoms with van der Waals surface area (Å²) in [6.45, 7) is 3.26. The van der Waals surface area contributed by atoms with Crippen molar-refractivity contribution in [3.63, 3.8) is 0 Å². The Kier molecular flexibility index (Phi) is 5.69. The van der Waals surface area contributed by atoms with Crippen molar-refractivity contribution in [3.8, 4) is 6.07 Å². The highest BCUT2D eigenvalue weighted by Gasteiger charge is 2.22. The van der Waals surface area contributed by atoms with E-state index in [4.69, 9.17) is 10.00 Å². The molecule has 21 heavy (non-hydrogen) atoms. The fourth-order valence-electron chi connectivity index (χ4n) is 1.50. The summed E-state index contributed by atoms with van der Waals surface area (Å²) in [6, 6.07) is 8.53. The highest BCUT2D eigenvalue weighted by Crippen LogP contribution is 2.09. The van der Waals surface area contributed by atoms with Gasteiger partial charge in [-0.15, -0.1) is 0 Å². The van der Waals surface area contributed by atoms with Crippen molar-refractivity contribution in [1.29, 1.82) is 5.26 Å². The van der Waals surface area contributed by atoms with Gasteiger partial charge >= 0.3 is 16.3 Å². The Morgan fingerprint density at radius 2 is 2.14 bits per heavy atom. The molecule has 0 atom stereocenters. The van der Waals surface area contributed by atoms with E-state index in [0.717, 1.165) is 4.31 Å². The van der Waals surface area contributed by atoms with Crippen LogP contribution in [-0.2, 0) is 21.5 Å². The highest BCUT2D eigenvalue weighted by atomic mass is 32.2. The molecule has 0 aliphatic carbocycles. The molecule has 1 aromatic rings. The molecular weight excluding hydrogens is 294 g/mol. The number of ether oxygens (including phenoxy) is 1. The first-order chi connectivity index (χ1) is 9.74. The lowest BCUT2D eigenvalue weighted by Crippen LogP contribution is -2.42. The summed E-state index contributed by atoms with van der Waals surface area (Å²) in [5, 5.41) is 8.80. The predicted octanol–water partition coefficient (Wildman–Crippen LogP) is 1.37. The molecule has 0 saturated carbocycles. The second-order valence-corrected chi connectivity index (χ2v) is 6.41. The number of benzene rings is 1. The number of amides is 1. The van der Waals surface area contributed by atoms with Crippen LogP contribution in [0.2, 0.25) is 0 Å². The standard InChI is InChI=1S/C13H17N3O4S/c1-10(2)20-13(17)15-21(18,19)16(3)9-12-6-4-5-11(7-12)8-14/h4-7,10H,9H2,1-3H3,(H,15,17). The number of carbonyl (C=O) groups excluding carboxylic acids is 1. The van der Waals surface area contributed by atoms with Crippen molar-refractivity contribution in [1.82, 2.24) is 9.03 Å². The molecule has 114 valence electrons. The Morgan fingerprint density at radius 1 is 1.48 bits per heavy atom. The Morgan fingerprint density at radius 3 is 2.71 bits per heavy atom. The van der Waals surface area contributed by atoms with Crippen LogP contribution in [0, 0.1) is 11.3 Å². The van der Waals surface area contributed by atoms with Gasteiger partial charge in [-0.3, -0.25) is 0 Å². The first-order valence-electron chi connectivity index (χ1n) is 6.18. The lowest BCUT2D eigenvalue weighted by Gasteiger charge is -2.18. The fourth-order valence-corrected chi connectivity index (χ4v) is 2.24. The van der Waals surface area contributed by atoms with Gasteiger partial charge in [0.1, 0.15) is 0 Å². The minimum atomic E-state index is -4.00. The van der Waals surface area contributed by atoms with E-state index in [-0.39, 0.29) is 6.54 Å². The van der Waals surface area contributed by atoms with Crippen LogP contribution < -0.4 is 4.72 Å². The number of carbonyl (C=O) groups is 1. The quantitative estimate of drug-likeness (QED) is 0.885. The van der Waals surface area contributed by atoms with Gasteiger partial charge < -0.3 is 4.74 Å². The largest absolute Gasteiger partial charge is 0.446 e. The van der Waals surface area contributed by atoms with Crippen molar-refractivity contribution in [3.05, 3.63) is 35.4 Å². The SMILES string of the molecule is CC(C)OC(=O)NS(=O)(=O)N(C)Cc1cccc(C#N)c1. The topological polar surface area (TPSA) is 99.5 Å². The van der Waals surface area contributed by atoms with Crippen LogP contribution in [0.5, 0.6) is 0 Å². The van der Waals surface area contributed by atoms with Gasteiger partial charge in [0, 0.05) is 13.6 Å². The van der Waals surface area contributed by atoms with Crippen molar-refractivity contribution in [2.75, 3.05) is 7.05 Å². The van der Waals surface area contributed by atoms with Gasteiger partial charge in [-0.05, 0) is 31.5 Å². The van der Waals surface area contributed by atoms with E-state index in [2.05, 4.69) is 0 Å². The van der Waals surface area contributed by atoms with Crippen molar-refractivity contribution in [2.24, 2.45) is 0 Å².